The first kappa shape index (κ1) is 14.2. The zero-order valence-corrected chi connectivity index (χ0v) is 12.4. The van der Waals surface area contributed by atoms with E-state index in [-0.39, 0.29) is 5.02 Å². The fourth-order valence-electron chi connectivity index (χ4n) is 1.54. The lowest BCUT2D eigenvalue weighted by Crippen LogP contribution is -2.07. The predicted octanol–water partition coefficient (Wildman–Crippen LogP) is 4.15. The number of halogens is 3. The number of hydrogen-bond acceptors (Lipinski definition) is 3. The van der Waals surface area contributed by atoms with Crippen LogP contribution in [0.5, 0.6) is 11.6 Å². The highest BCUT2D eigenvalue weighted by Gasteiger charge is 2.10. The molecule has 6 heteroatoms. The Morgan fingerprint density at radius 3 is 2.89 bits per heavy atom. The number of nitrogens with zero attached hydrogens (tertiary/aromatic N) is 1. The van der Waals surface area contributed by atoms with E-state index in [1.807, 2.05) is 13.1 Å². The summed E-state index contributed by atoms with van der Waals surface area (Å²) in [6, 6.07) is 5.87. The molecule has 0 unspecified atom stereocenters. The summed E-state index contributed by atoms with van der Waals surface area (Å²) in [4.78, 5) is 4.19. The molecule has 0 aliphatic carbocycles. The number of pyridine rings is 1. The van der Waals surface area contributed by atoms with E-state index in [0.717, 1.165) is 10.0 Å². The van der Waals surface area contributed by atoms with Crippen LogP contribution in [0.15, 0.2) is 34.9 Å². The van der Waals surface area contributed by atoms with Crippen LogP contribution in [0, 0.1) is 5.82 Å². The monoisotopic (exact) mass is 344 g/mol. The van der Waals surface area contributed by atoms with Crippen molar-refractivity contribution in [2.45, 2.75) is 6.54 Å². The smallest absolute Gasteiger partial charge is 0.223 e. The zero-order chi connectivity index (χ0) is 13.8. The number of ether oxygens (including phenoxy) is 1. The van der Waals surface area contributed by atoms with Crippen LogP contribution in [0.2, 0.25) is 5.02 Å². The maximum atomic E-state index is 13.0. The average Bonchev–Trinajstić information content (AvgIpc) is 2.36. The summed E-state index contributed by atoms with van der Waals surface area (Å²) >= 11 is 9.28. The molecule has 1 heterocycles. The van der Waals surface area contributed by atoms with Crippen LogP contribution in [-0.2, 0) is 6.54 Å². The zero-order valence-electron chi connectivity index (χ0n) is 10.1. The fourth-order valence-corrected chi connectivity index (χ4v) is 2.12. The summed E-state index contributed by atoms with van der Waals surface area (Å²) in [5.74, 6) is 0.401. The molecule has 0 radical (unpaired) electrons. The van der Waals surface area contributed by atoms with Crippen molar-refractivity contribution < 1.29 is 9.13 Å². The van der Waals surface area contributed by atoms with Crippen molar-refractivity contribution >= 4 is 27.5 Å². The normalized spacial score (nSPS) is 10.5. The van der Waals surface area contributed by atoms with Gasteiger partial charge in [0, 0.05) is 22.8 Å². The second-order valence-corrected chi connectivity index (χ2v) is 5.15. The SMILES string of the molecule is CNCc1cc(Br)cnc1Oc1ccc(F)cc1Cl. The minimum Gasteiger partial charge on any atom is -0.437 e. The van der Waals surface area contributed by atoms with Crippen molar-refractivity contribution in [2.75, 3.05) is 7.05 Å². The van der Waals surface area contributed by atoms with Crippen LogP contribution >= 0.6 is 27.5 Å². The molecular formula is C13H11BrClFN2O. The Labute approximate surface area is 123 Å². The molecule has 0 amide bonds. The Morgan fingerprint density at radius 2 is 2.21 bits per heavy atom. The van der Waals surface area contributed by atoms with Crippen LogP contribution in [0.4, 0.5) is 4.39 Å². The number of nitrogens with one attached hydrogen (secondary N) is 1. The first-order valence-electron chi connectivity index (χ1n) is 5.52. The maximum absolute atomic E-state index is 13.0. The van der Waals surface area contributed by atoms with Gasteiger partial charge in [-0.25, -0.2) is 9.37 Å². The topological polar surface area (TPSA) is 34.2 Å². The molecule has 0 atom stereocenters. The van der Waals surface area contributed by atoms with E-state index in [1.165, 1.54) is 18.2 Å². The molecule has 1 aromatic carbocycles. The third kappa shape index (κ3) is 3.65. The van der Waals surface area contributed by atoms with Crippen molar-refractivity contribution in [3.05, 3.63) is 51.3 Å². The second kappa shape index (κ2) is 6.32. The van der Waals surface area contributed by atoms with E-state index >= 15 is 0 Å². The third-order valence-corrected chi connectivity index (χ3v) is 3.09. The van der Waals surface area contributed by atoms with Gasteiger partial charge in [-0.05, 0) is 47.2 Å². The van der Waals surface area contributed by atoms with Crippen molar-refractivity contribution in [2.24, 2.45) is 0 Å². The van der Waals surface area contributed by atoms with Gasteiger partial charge in [0.15, 0.2) is 0 Å². The van der Waals surface area contributed by atoms with E-state index in [0.29, 0.717) is 18.2 Å². The minimum absolute atomic E-state index is 0.208. The Balaban J connectivity index is 2.32. The standard InChI is InChI=1S/C13H11BrClFN2O/c1-17-6-8-4-9(14)7-18-13(8)19-12-3-2-10(16)5-11(12)15/h2-5,7,17H,6H2,1H3. The predicted molar refractivity (Wildman–Crippen MR) is 76.2 cm³/mol. The van der Waals surface area contributed by atoms with Gasteiger partial charge >= 0.3 is 0 Å². The lowest BCUT2D eigenvalue weighted by molar-refractivity contribution is 0.453. The van der Waals surface area contributed by atoms with Crippen LogP contribution in [-0.4, -0.2) is 12.0 Å². The van der Waals surface area contributed by atoms with E-state index in [9.17, 15) is 4.39 Å². The molecule has 0 saturated heterocycles. The molecule has 1 aromatic heterocycles. The Hall–Kier alpha value is -1.17. The van der Waals surface area contributed by atoms with Crippen molar-refractivity contribution in [3.63, 3.8) is 0 Å². The van der Waals surface area contributed by atoms with E-state index in [4.69, 9.17) is 16.3 Å². The molecule has 0 aliphatic heterocycles. The lowest BCUT2D eigenvalue weighted by Gasteiger charge is -2.11. The molecular weight excluding hydrogens is 335 g/mol. The molecule has 0 spiro atoms. The number of hydrogen-bond donors (Lipinski definition) is 1. The molecule has 3 nitrogen and oxygen atoms in total. The van der Waals surface area contributed by atoms with Gasteiger partial charge in [-0.3, -0.25) is 0 Å². The van der Waals surface area contributed by atoms with Crippen molar-refractivity contribution in [1.29, 1.82) is 0 Å². The molecule has 19 heavy (non-hydrogen) atoms. The molecule has 0 aliphatic rings. The summed E-state index contributed by atoms with van der Waals surface area (Å²) in [7, 11) is 1.83. The third-order valence-electron chi connectivity index (χ3n) is 2.36. The lowest BCUT2D eigenvalue weighted by atomic mass is 10.2. The van der Waals surface area contributed by atoms with Gasteiger partial charge < -0.3 is 10.1 Å². The summed E-state index contributed by atoms with van der Waals surface area (Å²) < 4.78 is 19.5. The molecule has 0 bridgehead atoms. The van der Waals surface area contributed by atoms with Gasteiger partial charge in [-0.1, -0.05) is 11.6 Å². The molecule has 0 fully saturated rings. The minimum atomic E-state index is -0.406. The van der Waals surface area contributed by atoms with Gasteiger partial charge in [-0.15, -0.1) is 0 Å². The molecule has 0 saturated carbocycles. The van der Waals surface area contributed by atoms with Gasteiger partial charge in [0.2, 0.25) is 5.88 Å². The Morgan fingerprint density at radius 1 is 1.42 bits per heavy atom. The summed E-state index contributed by atoms with van der Waals surface area (Å²) in [6.07, 6.45) is 1.63. The van der Waals surface area contributed by atoms with Crippen LogP contribution in [0.3, 0.4) is 0 Å². The first-order chi connectivity index (χ1) is 9.10. The fraction of sp³-hybridized carbons (Fsp3) is 0.154. The maximum Gasteiger partial charge on any atom is 0.223 e. The highest BCUT2D eigenvalue weighted by atomic mass is 79.9. The molecule has 1 N–H and O–H groups in total. The molecule has 100 valence electrons. The Bertz CT molecular complexity index is 595. The summed E-state index contributed by atoms with van der Waals surface area (Å²) in [5, 5.41) is 3.24. The van der Waals surface area contributed by atoms with Crippen molar-refractivity contribution in [3.8, 4) is 11.6 Å². The first-order valence-corrected chi connectivity index (χ1v) is 6.69. The number of aromatic nitrogens is 1. The summed E-state index contributed by atoms with van der Waals surface area (Å²) in [6.45, 7) is 0.598. The highest BCUT2D eigenvalue weighted by molar-refractivity contribution is 9.10. The van der Waals surface area contributed by atoms with Gasteiger partial charge in [-0.2, -0.15) is 0 Å². The van der Waals surface area contributed by atoms with Crippen LogP contribution in [0.1, 0.15) is 5.56 Å². The van der Waals surface area contributed by atoms with E-state index < -0.39 is 5.82 Å². The highest BCUT2D eigenvalue weighted by Crippen LogP contribution is 2.31. The van der Waals surface area contributed by atoms with Gasteiger partial charge in [0.1, 0.15) is 11.6 Å². The average molecular weight is 346 g/mol. The van der Waals surface area contributed by atoms with Crippen LogP contribution in [0.25, 0.3) is 0 Å². The molecule has 2 rings (SSSR count). The Kier molecular flexibility index (Phi) is 4.74. The quantitative estimate of drug-likeness (QED) is 0.904. The number of benzene rings is 1. The van der Waals surface area contributed by atoms with Gasteiger partial charge in [0.25, 0.3) is 0 Å². The van der Waals surface area contributed by atoms with Crippen molar-refractivity contribution in [1.82, 2.24) is 10.3 Å². The van der Waals surface area contributed by atoms with Gasteiger partial charge in [0.05, 0.1) is 5.02 Å². The van der Waals surface area contributed by atoms with E-state index in [1.54, 1.807) is 6.20 Å². The molecule has 2 aromatic rings. The second-order valence-electron chi connectivity index (χ2n) is 3.82. The number of rotatable bonds is 4. The summed E-state index contributed by atoms with van der Waals surface area (Å²) in [5.41, 5.74) is 0.872. The van der Waals surface area contributed by atoms with E-state index in [2.05, 4.69) is 26.2 Å². The largest absolute Gasteiger partial charge is 0.437 e. The van der Waals surface area contributed by atoms with Crippen LogP contribution < -0.4 is 10.1 Å².